The molecule has 0 aliphatic carbocycles. The van der Waals surface area contributed by atoms with Crippen molar-refractivity contribution in [3.8, 4) is 0 Å². The average Bonchev–Trinajstić information content (AvgIpc) is 3.56. The summed E-state index contributed by atoms with van der Waals surface area (Å²) < 4.78 is 0. The van der Waals surface area contributed by atoms with Crippen LogP contribution in [0.1, 0.15) is 108 Å². The molecule has 0 spiro atoms. The maximum absolute atomic E-state index is 13.6. The second-order valence-corrected chi connectivity index (χ2v) is 16.4. The molecule has 3 aliphatic rings. The number of nitrogens with zero attached hydrogens (tertiary/aromatic N) is 3. The highest BCUT2D eigenvalue weighted by molar-refractivity contribution is 5.87. The fourth-order valence-corrected chi connectivity index (χ4v) is 9.64. The van der Waals surface area contributed by atoms with Gasteiger partial charge >= 0.3 is 0 Å². The lowest BCUT2D eigenvalue weighted by Crippen LogP contribution is -2.60. The topological polar surface area (TPSA) is 97.0 Å². The van der Waals surface area contributed by atoms with Crippen LogP contribution in [-0.4, -0.2) is 106 Å². The first-order chi connectivity index (χ1) is 19.1. The minimum absolute atomic E-state index is 0.0604. The van der Waals surface area contributed by atoms with Crippen molar-refractivity contribution in [1.82, 2.24) is 30.7 Å². The molecule has 3 rings (SSSR count). The molecule has 0 bridgehead atoms. The molecule has 3 saturated heterocycles. The molecule has 0 aromatic rings. The molecule has 9 heteroatoms. The number of hydrogen-bond donors (Lipinski definition) is 3. The van der Waals surface area contributed by atoms with Crippen molar-refractivity contribution in [1.29, 1.82) is 0 Å². The van der Waals surface area contributed by atoms with E-state index in [1.807, 2.05) is 0 Å². The van der Waals surface area contributed by atoms with Crippen LogP contribution in [0.4, 0.5) is 0 Å². The molecule has 0 saturated carbocycles. The summed E-state index contributed by atoms with van der Waals surface area (Å²) in [5.74, 6) is 0.847. The first-order valence-electron chi connectivity index (χ1n) is 16.1. The first kappa shape index (κ1) is 34.8. The summed E-state index contributed by atoms with van der Waals surface area (Å²) in [5.41, 5.74) is -2.31. The Morgan fingerprint density at radius 1 is 0.643 bits per heavy atom. The van der Waals surface area contributed by atoms with E-state index in [4.69, 9.17) is 0 Å². The Bertz CT molecular complexity index is 1040. The molecular formula is C33H62N6O3. The molecule has 42 heavy (non-hydrogen) atoms. The summed E-state index contributed by atoms with van der Waals surface area (Å²) in [6, 6.07) is 0. The van der Waals surface area contributed by atoms with Gasteiger partial charge in [-0.2, -0.15) is 0 Å². The zero-order valence-electron chi connectivity index (χ0n) is 29.1. The lowest BCUT2D eigenvalue weighted by Gasteiger charge is -2.46. The predicted octanol–water partition coefficient (Wildman–Crippen LogP) is 3.38. The van der Waals surface area contributed by atoms with Gasteiger partial charge in [0.2, 0.25) is 17.7 Å². The van der Waals surface area contributed by atoms with E-state index >= 15 is 0 Å². The van der Waals surface area contributed by atoms with Crippen LogP contribution in [0.5, 0.6) is 0 Å². The zero-order chi connectivity index (χ0) is 32.1. The van der Waals surface area contributed by atoms with Crippen LogP contribution >= 0.6 is 0 Å². The monoisotopic (exact) mass is 590 g/mol. The van der Waals surface area contributed by atoms with Crippen LogP contribution < -0.4 is 16.0 Å². The van der Waals surface area contributed by atoms with Gasteiger partial charge in [0.25, 0.3) is 0 Å². The van der Waals surface area contributed by atoms with E-state index in [1.165, 1.54) is 0 Å². The Hall–Kier alpha value is -1.71. The van der Waals surface area contributed by atoms with Crippen molar-refractivity contribution in [3.63, 3.8) is 0 Å². The van der Waals surface area contributed by atoms with Crippen molar-refractivity contribution in [2.75, 3.05) is 40.8 Å². The Labute approximate surface area is 256 Å². The highest BCUT2D eigenvalue weighted by Crippen LogP contribution is 2.48. The molecule has 0 radical (unpaired) electrons. The van der Waals surface area contributed by atoms with Crippen LogP contribution in [0, 0.1) is 11.8 Å². The number of carbonyl (C=O) groups excluding carboxylic acids is 3. The van der Waals surface area contributed by atoms with E-state index in [0.717, 1.165) is 58.2 Å². The third-order valence-electron chi connectivity index (χ3n) is 11.1. The van der Waals surface area contributed by atoms with Gasteiger partial charge in [0.05, 0.1) is 16.6 Å². The maximum Gasteiger partial charge on any atom is 0.240 e. The van der Waals surface area contributed by atoms with Crippen LogP contribution in [0.3, 0.4) is 0 Å². The lowest BCUT2D eigenvalue weighted by atomic mass is 9.81. The van der Waals surface area contributed by atoms with Gasteiger partial charge in [-0.25, -0.2) is 0 Å². The molecule has 9 nitrogen and oxygen atoms in total. The third kappa shape index (κ3) is 6.12. The quantitative estimate of drug-likeness (QED) is 0.381. The maximum atomic E-state index is 13.6. The normalized spacial score (nSPS) is 33.6. The minimum atomic E-state index is -0.638. The fourth-order valence-electron chi connectivity index (χ4n) is 9.64. The van der Waals surface area contributed by atoms with Gasteiger partial charge in [0, 0.05) is 50.8 Å². The minimum Gasteiger partial charge on any atom is -0.358 e. The smallest absolute Gasteiger partial charge is 0.240 e. The largest absolute Gasteiger partial charge is 0.358 e. The second-order valence-electron chi connectivity index (χ2n) is 16.4. The SMILES string of the molecule is CNC(=O)C1(C)CC(CC(C)(C)N2CC(CC(C)(C)N3CCC[C@]3(C)C(=O)NC)C[C@@]2(C)C(=O)NC)CN1C(C)(C)C. The van der Waals surface area contributed by atoms with Gasteiger partial charge in [-0.05, 0) is 126 Å². The number of likely N-dealkylation sites (tertiary alicyclic amines) is 3. The van der Waals surface area contributed by atoms with Crippen molar-refractivity contribution < 1.29 is 14.4 Å². The molecule has 3 unspecified atom stereocenters. The number of nitrogens with one attached hydrogen (secondary N) is 3. The molecule has 3 N–H and O–H groups in total. The standard InChI is InChI=1S/C33H62N6O3/c1-28(2,3)38-21-23(19-32(38,9)26(41)35-12)18-30(6,7)39-22-24(20-33(39,10)27(42)36-13)17-29(4,5)37-16-14-15-31(37,8)25(40)34-11/h23-24H,14-22H2,1-13H3,(H,34,40)(H,35,41)(H,36,42)/t23?,24?,31-,32?,33+/m1/s1. The van der Waals surface area contributed by atoms with Gasteiger partial charge < -0.3 is 16.0 Å². The second kappa shape index (κ2) is 11.7. The number of hydrogen-bond acceptors (Lipinski definition) is 6. The molecule has 242 valence electrons. The van der Waals surface area contributed by atoms with Gasteiger partial charge in [-0.3, -0.25) is 29.1 Å². The van der Waals surface area contributed by atoms with Gasteiger partial charge in [-0.1, -0.05) is 0 Å². The van der Waals surface area contributed by atoms with Crippen LogP contribution in [-0.2, 0) is 14.4 Å². The van der Waals surface area contributed by atoms with Crippen LogP contribution in [0.25, 0.3) is 0 Å². The summed E-state index contributed by atoms with van der Waals surface area (Å²) in [4.78, 5) is 46.9. The Balaban J connectivity index is 1.86. The summed E-state index contributed by atoms with van der Waals surface area (Å²) in [6.07, 6.45) is 5.25. The van der Waals surface area contributed by atoms with E-state index in [9.17, 15) is 14.4 Å². The molecular weight excluding hydrogens is 528 g/mol. The Morgan fingerprint density at radius 3 is 1.45 bits per heavy atom. The summed E-state index contributed by atoms with van der Waals surface area (Å²) >= 11 is 0. The number of carbonyl (C=O) groups is 3. The number of rotatable bonds is 9. The molecule has 0 aromatic carbocycles. The third-order valence-corrected chi connectivity index (χ3v) is 11.1. The van der Waals surface area contributed by atoms with Gasteiger partial charge in [-0.15, -0.1) is 0 Å². The molecule has 3 aliphatic heterocycles. The fraction of sp³-hybridized carbons (Fsp3) is 0.909. The van der Waals surface area contributed by atoms with E-state index in [1.54, 1.807) is 21.1 Å². The van der Waals surface area contributed by atoms with Crippen LogP contribution in [0.2, 0.25) is 0 Å². The predicted molar refractivity (Wildman–Crippen MR) is 170 cm³/mol. The zero-order valence-corrected chi connectivity index (χ0v) is 29.1. The van der Waals surface area contributed by atoms with Crippen molar-refractivity contribution in [2.24, 2.45) is 11.8 Å². The lowest BCUT2D eigenvalue weighted by molar-refractivity contribution is -0.134. The average molecular weight is 591 g/mol. The van der Waals surface area contributed by atoms with E-state index in [-0.39, 0.29) is 34.3 Å². The summed E-state index contributed by atoms with van der Waals surface area (Å²) in [6.45, 7) is 24.5. The molecule has 3 heterocycles. The van der Waals surface area contributed by atoms with E-state index in [0.29, 0.717) is 11.8 Å². The summed E-state index contributed by atoms with van der Waals surface area (Å²) in [7, 11) is 5.19. The molecule has 5 atom stereocenters. The molecule has 3 amide bonds. The van der Waals surface area contributed by atoms with Crippen molar-refractivity contribution in [2.45, 2.75) is 141 Å². The van der Waals surface area contributed by atoms with Gasteiger partial charge in [0.15, 0.2) is 0 Å². The highest BCUT2D eigenvalue weighted by Gasteiger charge is 2.57. The number of amides is 3. The van der Waals surface area contributed by atoms with Gasteiger partial charge in [0.1, 0.15) is 0 Å². The highest BCUT2D eigenvalue weighted by atomic mass is 16.2. The molecule has 3 fully saturated rings. The van der Waals surface area contributed by atoms with Crippen molar-refractivity contribution in [3.05, 3.63) is 0 Å². The number of likely N-dealkylation sites (N-methyl/N-ethyl adjacent to an activating group) is 3. The van der Waals surface area contributed by atoms with E-state index < -0.39 is 16.6 Å². The summed E-state index contributed by atoms with van der Waals surface area (Å²) in [5, 5.41) is 8.79. The van der Waals surface area contributed by atoms with E-state index in [2.05, 4.69) is 99.9 Å². The van der Waals surface area contributed by atoms with Crippen molar-refractivity contribution >= 4 is 17.7 Å². The molecule has 0 aromatic heterocycles. The Morgan fingerprint density at radius 2 is 1.02 bits per heavy atom. The Kier molecular flexibility index (Phi) is 9.65. The first-order valence-corrected chi connectivity index (χ1v) is 16.1. The van der Waals surface area contributed by atoms with Crippen LogP contribution in [0.15, 0.2) is 0 Å².